The van der Waals surface area contributed by atoms with Crippen molar-refractivity contribution in [2.75, 3.05) is 6.54 Å². The van der Waals surface area contributed by atoms with E-state index in [1.165, 1.54) is 10.7 Å². The van der Waals surface area contributed by atoms with Crippen LogP contribution < -0.4 is 10.1 Å². The molecule has 1 aromatic carbocycles. The first-order valence-corrected chi connectivity index (χ1v) is 8.74. The van der Waals surface area contributed by atoms with Gasteiger partial charge in [0.2, 0.25) is 0 Å². The van der Waals surface area contributed by atoms with E-state index >= 15 is 0 Å². The molecule has 0 spiro atoms. The zero-order valence-corrected chi connectivity index (χ0v) is 15.7. The number of nitro groups is 1. The van der Waals surface area contributed by atoms with Gasteiger partial charge in [0.15, 0.2) is 5.76 Å². The molecule has 2 aromatic heterocycles. The summed E-state index contributed by atoms with van der Waals surface area (Å²) in [6.45, 7) is 2.41. The third-order valence-electron chi connectivity index (χ3n) is 3.83. The normalized spacial score (nSPS) is 10.6. The second-order valence-corrected chi connectivity index (χ2v) is 6.33. The number of hydrogen-bond acceptors (Lipinski definition) is 6. The molecular weight excluding hydrogens is 388 g/mol. The van der Waals surface area contributed by atoms with Gasteiger partial charge in [-0.2, -0.15) is 4.68 Å². The lowest BCUT2D eigenvalue weighted by Gasteiger charge is -2.04. The van der Waals surface area contributed by atoms with Crippen LogP contribution in [0.4, 0.5) is 5.82 Å². The maximum absolute atomic E-state index is 12.2. The molecule has 0 saturated heterocycles. The van der Waals surface area contributed by atoms with Gasteiger partial charge in [0.05, 0.1) is 23.4 Å². The molecule has 0 saturated carbocycles. The zero-order valence-electron chi connectivity index (χ0n) is 14.9. The molecule has 0 aliphatic rings. The van der Waals surface area contributed by atoms with E-state index in [-0.39, 0.29) is 24.7 Å². The average molecular weight is 405 g/mol. The van der Waals surface area contributed by atoms with Gasteiger partial charge in [-0.05, 0) is 42.2 Å². The standard InChI is InChI=1S/C18H17ClN4O5/c1-12-9-17(23(25)26)21-22(12)8-7-20-18(24)16-6-5-15(28-16)11-27-14-4-2-3-13(19)10-14/h2-6,9-10H,7-8,11H2,1H3,(H,20,24). The number of carbonyl (C=O) groups excluding carboxylic acids is 1. The van der Waals surface area contributed by atoms with E-state index < -0.39 is 10.8 Å². The number of furan rings is 1. The number of ether oxygens (including phenoxy) is 1. The first-order valence-electron chi connectivity index (χ1n) is 8.36. The Morgan fingerprint density at radius 3 is 2.89 bits per heavy atom. The van der Waals surface area contributed by atoms with Gasteiger partial charge >= 0.3 is 5.82 Å². The Kier molecular flexibility index (Phi) is 5.95. The maximum atomic E-state index is 12.2. The number of carbonyl (C=O) groups is 1. The summed E-state index contributed by atoms with van der Waals surface area (Å²) in [4.78, 5) is 22.3. The third kappa shape index (κ3) is 4.89. The van der Waals surface area contributed by atoms with E-state index in [0.717, 1.165) is 0 Å². The number of aromatic nitrogens is 2. The molecule has 0 aliphatic heterocycles. The Balaban J connectivity index is 1.49. The molecule has 0 atom stereocenters. The van der Waals surface area contributed by atoms with Gasteiger partial charge in [-0.15, -0.1) is 0 Å². The smallest absolute Gasteiger partial charge is 0.390 e. The predicted octanol–water partition coefficient (Wildman–Crippen LogP) is 3.36. The summed E-state index contributed by atoms with van der Waals surface area (Å²) in [5.74, 6) is 0.614. The zero-order chi connectivity index (χ0) is 20.1. The minimum absolute atomic E-state index is 0.146. The lowest BCUT2D eigenvalue weighted by Crippen LogP contribution is -2.27. The molecule has 0 fully saturated rings. The highest BCUT2D eigenvalue weighted by Crippen LogP contribution is 2.19. The van der Waals surface area contributed by atoms with E-state index in [0.29, 0.717) is 28.8 Å². The molecule has 10 heteroatoms. The molecule has 3 aromatic rings. The number of aryl methyl sites for hydroxylation is 1. The molecule has 0 aliphatic carbocycles. The molecule has 1 amide bonds. The van der Waals surface area contributed by atoms with Gasteiger partial charge in [-0.1, -0.05) is 17.7 Å². The molecular formula is C18H17ClN4O5. The average Bonchev–Trinajstić information content (AvgIpc) is 3.27. The van der Waals surface area contributed by atoms with Crippen molar-refractivity contribution in [1.82, 2.24) is 15.1 Å². The number of hydrogen-bond donors (Lipinski definition) is 1. The number of amides is 1. The van der Waals surface area contributed by atoms with E-state index in [4.69, 9.17) is 20.8 Å². The second-order valence-electron chi connectivity index (χ2n) is 5.89. The molecule has 28 heavy (non-hydrogen) atoms. The first-order chi connectivity index (χ1) is 13.4. The lowest BCUT2D eigenvalue weighted by molar-refractivity contribution is -0.389. The topological polar surface area (TPSA) is 112 Å². The minimum atomic E-state index is -0.558. The number of halogens is 1. The van der Waals surface area contributed by atoms with Gasteiger partial charge in [-0.3, -0.25) is 4.79 Å². The Bertz CT molecular complexity index is 998. The first kappa shape index (κ1) is 19.4. The van der Waals surface area contributed by atoms with Crippen molar-refractivity contribution in [2.24, 2.45) is 0 Å². The highest BCUT2D eigenvalue weighted by Gasteiger charge is 2.16. The maximum Gasteiger partial charge on any atom is 0.390 e. The van der Waals surface area contributed by atoms with Crippen molar-refractivity contribution in [2.45, 2.75) is 20.1 Å². The van der Waals surface area contributed by atoms with Crippen LogP contribution in [0, 0.1) is 17.0 Å². The quantitative estimate of drug-likeness (QED) is 0.455. The number of benzene rings is 1. The summed E-state index contributed by atoms with van der Waals surface area (Å²) in [5.41, 5.74) is 0.638. The van der Waals surface area contributed by atoms with Crippen molar-refractivity contribution in [3.05, 3.63) is 74.8 Å². The van der Waals surface area contributed by atoms with Gasteiger partial charge in [0, 0.05) is 11.6 Å². The van der Waals surface area contributed by atoms with Crippen molar-refractivity contribution in [3.63, 3.8) is 0 Å². The second kappa shape index (κ2) is 8.57. The summed E-state index contributed by atoms with van der Waals surface area (Å²) in [7, 11) is 0. The fraction of sp³-hybridized carbons (Fsp3) is 0.222. The molecule has 0 unspecified atom stereocenters. The van der Waals surface area contributed by atoms with Crippen LogP contribution in [0.1, 0.15) is 22.0 Å². The molecule has 9 nitrogen and oxygen atoms in total. The van der Waals surface area contributed by atoms with E-state index in [2.05, 4.69) is 10.4 Å². The largest absolute Gasteiger partial charge is 0.486 e. The predicted molar refractivity (Wildman–Crippen MR) is 100 cm³/mol. The van der Waals surface area contributed by atoms with Crippen LogP contribution in [0.5, 0.6) is 5.75 Å². The minimum Gasteiger partial charge on any atom is -0.486 e. The highest BCUT2D eigenvalue weighted by atomic mass is 35.5. The monoisotopic (exact) mass is 404 g/mol. The van der Waals surface area contributed by atoms with Gasteiger partial charge in [-0.25, -0.2) is 0 Å². The lowest BCUT2D eigenvalue weighted by atomic mass is 10.3. The molecule has 146 valence electrons. The van der Waals surface area contributed by atoms with E-state index in [9.17, 15) is 14.9 Å². The van der Waals surface area contributed by atoms with Gasteiger partial charge < -0.3 is 24.6 Å². The van der Waals surface area contributed by atoms with Crippen molar-refractivity contribution < 1.29 is 18.9 Å². The fourth-order valence-electron chi connectivity index (χ4n) is 2.46. The summed E-state index contributed by atoms with van der Waals surface area (Å²) in [6, 6.07) is 11.5. The van der Waals surface area contributed by atoms with Crippen LogP contribution in [0.3, 0.4) is 0 Å². The van der Waals surface area contributed by atoms with Gasteiger partial charge in [0.1, 0.15) is 18.1 Å². The van der Waals surface area contributed by atoms with E-state index in [1.54, 1.807) is 43.3 Å². The summed E-state index contributed by atoms with van der Waals surface area (Å²) in [6.07, 6.45) is 0. The Labute approximate surface area is 165 Å². The molecule has 3 rings (SSSR count). The fourth-order valence-corrected chi connectivity index (χ4v) is 2.64. The Morgan fingerprint density at radius 2 is 2.18 bits per heavy atom. The molecule has 2 heterocycles. The van der Waals surface area contributed by atoms with Crippen LogP contribution in [0.2, 0.25) is 5.02 Å². The summed E-state index contributed by atoms with van der Waals surface area (Å²) >= 11 is 5.90. The van der Waals surface area contributed by atoms with E-state index in [1.807, 2.05) is 0 Å². The summed E-state index contributed by atoms with van der Waals surface area (Å²) < 4.78 is 12.5. The number of nitrogens with zero attached hydrogens (tertiary/aromatic N) is 3. The van der Waals surface area contributed by atoms with Crippen LogP contribution in [-0.4, -0.2) is 27.2 Å². The number of rotatable bonds is 8. The summed E-state index contributed by atoms with van der Waals surface area (Å²) in [5, 5.41) is 17.8. The highest BCUT2D eigenvalue weighted by molar-refractivity contribution is 6.30. The van der Waals surface area contributed by atoms with Crippen molar-refractivity contribution >= 4 is 23.3 Å². The number of nitrogens with one attached hydrogen (secondary N) is 1. The third-order valence-corrected chi connectivity index (χ3v) is 4.06. The van der Waals surface area contributed by atoms with Gasteiger partial charge in [0.25, 0.3) is 5.91 Å². The van der Waals surface area contributed by atoms with Crippen LogP contribution >= 0.6 is 11.6 Å². The van der Waals surface area contributed by atoms with Crippen molar-refractivity contribution in [1.29, 1.82) is 0 Å². The van der Waals surface area contributed by atoms with Crippen molar-refractivity contribution in [3.8, 4) is 5.75 Å². The Morgan fingerprint density at radius 1 is 1.36 bits per heavy atom. The van der Waals surface area contributed by atoms with Crippen LogP contribution in [0.25, 0.3) is 0 Å². The van der Waals surface area contributed by atoms with Crippen LogP contribution in [0.15, 0.2) is 46.9 Å². The molecule has 0 bridgehead atoms. The molecule has 1 N–H and O–H groups in total. The Hall–Kier alpha value is -3.33. The molecule has 0 radical (unpaired) electrons. The SMILES string of the molecule is Cc1cc([N+](=O)[O-])nn1CCNC(=O)c1ccc(COc2cccc(Cl)c2)o1. The van der Waals surface area contributed by atoms with Crippen LogP contribution in [-0.2, 0) is 13.2 Å².